The number of carbonyl (C=O) groups is 5. The molecule has 3 rings (SSSR count). The molecule has 0 aliphatic heterocycles. The van der Waals surface area contributed by atoms with E-state index < -0.39 is 77.9 Å². The molecule has 3 aromatic rings. The molecule has 0 spiro atoms. The summed E-state index contributed by atoms with van der Waals surface area (Å²) in [5, 5.41) is 7.94. The Kier molecular flexibility index (Phi) is 13.1. The number of benzene rings is 2. The van der Waals surface area contributed by atoms with Crippen molar-refractivity contribution in [2.75, 3.05) is 13.7 Å². The minimum Gasteiger partial charge on any atom is -0.497 e. The smallest absolute Gasteiger partial charge is 0.405 e. The third kappa shape index (κ3) is 10.8. The highest BCUT2D eigenvalue weighted by molar-refractivity contribution is 6.10. The maximum absolute atomic E-state index is 14.8. The molecule has 4 amide bonds. The number of nitrogens with one attached hydrogen (secondary N) is 4. The van der Waals surface area contributed by atoms with Crippen molar-refractivity contribution in [3.63, 3.8) is 0 Å². The summed E-state index contributed by atoms with van der Waals surface area (Å²) in [5.41, 5.74) is 0.239. The number of rotatable bonds is 15. The second kappa shape index (κ2) is 16.8. The molecule has 4 N–H and O–H groups in total. The Labute approximate surface area is 282 Å². The molecule has 268 valence electrons. The van der Waals surface area contributed by atoms with Crippen molar-refractivity contribution in [3.05, 3.63) is 95.6 Å². The van der Waals surface area contributed by atoms with Gasteiger partial charge in [-0.3, -0.25) is 29.0 Å². The van der Waals surface area contributed by atoms with Crippen LogP contribution in [0.4, 0.5) is 26.3 Å². The zero-order valence-electron chi connectivity index (χ0n) is 26.8. The Morgan fingerprint density at radius 2 is 1.52 bits per heavy atom. The molecular weight excluding hydrogens is 676 g/mol. The summed E-state index contributed by atoms with van der Waals surface area (Å²) < 4.78 is 86.4. The molecule has 17 heteroatoms. The summed E-state index contributed by atoms with van der Waals surface area (Å²) in [6.45, 7) is 0.331. The molecule has 0 radical (unpaired) electrons. The number of Topliss-reactive ketones (excluding diaryl/α,β-unsaturated/α-hetero) is 1. The van der Waals surface area contributed by atoms with Crippen LogP contribution in [0.2, 0.25) is 0 Å². The second-order valence-electron chi connectivity index (χ2n) is 11.3. The number of amides is 4. The first-order chi connectivity index (χ1) is 23.4. The molecule has 2 unspecified atom stereocenters. The van der Waals surface area contributed by atoms with E-state index in [-0.39, 0.29) is 23.2 Å². The Hall–Kier alpha value is -5.48. The van der Waals surface area contributed by atoms with Crippen molar-refractivity contribution < 1.29 is 55.1 Å². The van der Waals surface area contributed by atoms with E-state index in [0.29, 0.717) is 5.75 Å². The Morgan fingerprint density at radius 1 is 0.840 bits per heavy atom. The summed E-state index contributed by atoms with van der Waals surface area (Å²) in [4.78, 5) is 69.3. The average Bonchev–Trinajstić information content (AvgIpc) is 3.07. The largest absolute Gasteiger partial charge is 0.497 e. The fourth-order valence-electron chi connectivity index (χ4n) is 4.55. The van der Waals surface area contributed by atoms with Gasteiger partial charge in [-0.1, -0.05) is 44.2 Å². The van der Waals surface area contributed by atoms with Gasteiger partial charge in [-0.05, 0) is 53.4 Å². The molecule has 50 heavy (non-hydrogen) atoms. The Morgan fingerprint density at radius 3 is 2.08 bits per heavy atom. The van der Waals surface area contributed by atoms with Crippen LogP contribution in [0.1, 0.15) is 41.5 Å². The molecule has 11 nitrogen and oxygen atoms in total. The van der Waals surface area contributed by atoms with E-state index in [1.807, 2.05) is 0 Å². The van der Waals surface area contributed by atoms with Crippen LogP contribution in [-0.4, -0.2) is 72.2 Å². The number of alkyl halides is 5. The molecule has 0 bridgehead atoms. The highest BCUT2D eigenvalue weighted by atomic mass is 19.4. The van der Waals surface area contributed by atoms with Gasteiger partial charge in [-0.15, -0.1) is 0 Å². The summed E-state index contributed by atoms with van der Waals surface area (Å²) in [7, 11) is 1.35. The topological polar surface area (TPSA) is 156 Å². The summed E-state index contributed by atoms with van der Waals surface area (Å²) in [6, 6.07) is 9.70. The predicted octanol–water partition coefficient (Wildman–Crippen LogP) is 3.45. The lowest BCUT2D eigenvalue weighted by molar-refractivity contribution is -0.165. The highest BCUT2D eigenvalue weighted by Crippen LogP contribution is 2.24. The molecule has 1 heterocycles. The maximum Gasteiger partial charge on any atom is 0.405 e. The molecule has 2 aromatic carbocycles. The van der Waals surface area contributed by atoms with Crippen molar-refractivity contribution in [1.82, 2.24) is 26.3 Å². The lowest BCUT2D eigenvalue weighted by Crippen LogP contribution is -2.58. The van der Waals surface area contributed by atoms with E-state index in [1.165, 1.54) is 75.7 Å². The van der Waals surface area contributed by atoms with E-state index >= 15 is 0 Å². The van der Waals surface area contributed by atoms with E-state index in [9.17, 15) is 50.3 Å². The molecule has 0 fully saturated rings. The molecule has 0 aliphatic carbocycles. The Bertz CT molecular complexity index is 1670. The molecule has 1 aromatic heterocycles. The van der Waals surface area contributed by atoms with Crippen LogP contribution in [0.15, 0.2) is 72.9 Å². The zero-order valence-corrected chi connectivity index (χ0v) is 26.8. The SMILES string of the molecule is COc1ccc(C(NC(=O)C(Cc2cccc(F)c2)NC(=O)c2ccccn2)C(=O)N[C@H](C(=O)C(F)(F)C(=O)NCC(F)(F)F)C(C)C)cc1. The first-order valence-electron chi connectivity index (χ1n) is 14.9. The van der Waals surface area contributed by atoms with Crippen molar-refractivity contribution in [3.8, 4) is 5.75 Å². The van der Waals surface area contributed by atoms with Crippen LogP contribution in [0.25, 0.3) is 0 Å². The van der Waals surface area contributed by atoms with Crippen molar-refractivity contribution in [2.24, 2.45) is 5.92 Å². The fraction of sp³-hybridized carbons (Fsp3) is 0.333. The van der Waals surface area contributed by atoms with E-state index in [2.05, 4.69) is 20.9 Å². The van der Waals surface area contributed by atoms with Gasteiger partial charge in [-0.2, -0.15) is 22.0 Å². The van der Waals surface area contributed by atoms with Crippen LogP contribution in [0.5, 0.6) is 5.75 Å². The quantitative estimate of drug-likeness (QED) is 0.139. The summed E-state index contributed by atoms with van der Waals surface area (Å²) in [5.74, 6) is -14.2. The van der Waals surface area contributed by atoms with Gasteiger partial charge in [0.05, 0.1) is 13.2 Å². The predicted molar refractivity (Wildman–Crippen MR) is 165 cm³/mol. The third-order valence-electron chi connectivity index (χ3n) is 7.14. The normalized spacial score (nSPS) is 13.4. The van der Waals surface area contributed by atoms with Crippen LogP contribution >= 0.6 is 0 Å². The number of aromatic nitrogens is 1. The minimum atomic E-state index is -5.05. The summed E-state index contributed by atoms with van der Waals surface area (Å²) >= 11 is 0. The van der Waals surface area contributed by atoms with Crippen LogP contribution in [0.3, 0.4) is 0 Å². The van der Waals surface area contributed by atoms with Crippen molar-refractivity contribution in [1.29, 1.82) is 0 Å². The first kappa shape index (κ1) is 39.0. The number of nitrogens with zero attached hydrogens (tertiary/aromatic N) is 1. The van der Waals surface area contributed by atoms with Crippen LogP contribution in [-0.2, 0) is 25.6 Å². The number of ether oxygens (including phenoxy) is 1. The van der Waals surface area contributed by atoms with Gasteiger partial charge in [0.2, 0.25) is 17.6 Å². The number of hydrogen-bond acceptors (Lipinski definition) is 7. The van der Waals surface area contributed by atoms with Gasteiger partial charge in [-0.25, -0.2) is 4.39 Å². The van der Waals surface area contributed by atoms with Gasteiger partial charge < -0.3 is 26.0 Å². The number of ketones is 1. The van der Waals surface area contributed by atoms with Gasteiger partial charge in [0.25, 0.3) is 11.8 Å². The van der Waals surface area contributed by atoms with E-state index in [4.69, 9.17) is 4.74 Å². The molecule has 0 aliphatic rings. The van der Waals surface area contributed by atoms with Gasteiger partial charge in [0.15, 0.2) is 0 Å². The number of halogens is 6. The lowest BCUT2D eigenvalue weighted by atomic mass is 9.94. The number of methoxy groups -OCH3 is 1. The molecule has 0 saturated heterocycles. The highest BCUT2D eigenvalue weighted by Gasteiger charge is 2.52. The van der Waals surface area contributed by atoms with Crippen LogP contribution in [0, 0.1) is 11.7 Å². The number of pyridine rings is 1. The molecular formula is C33H33F6N5O6. The standard InChI is InChI=1S/C33H33F6N5O6/c1-18(2)25(27(45)33(38,39)31(49)41-17-32(35,36)37)43-30(48)26(20-10-12-22(50-3)13-11-20)44-29(47)24(16-19-7-6-8-21(34)15-19)42-28(46)23-9-4-5-14-40-23/h4-15,18,24-26H,16-17H2,1-3H3,(H,41,49)(H,42,46)(H,43,48)(H,44,47)/t24?,25-,26?/m0/s1. The fourth-order valence-corrected chi connectivity index (χ4v) is 4.55. The minimum absolute atomic E-state index is 0.0434. The maximum atomic E-state index is 14.8. The molecule has 0 saturated carbocycles. The average molecular weight is 710 g/mol. The van der Waals surface area contributed by atoms with Gasteiger partial charge >= 0.3 is 12.1 Å². The number of carbonyl (C=O) groups excluding carboxylic acids is 5. The zero-order chi connectivity index (χ0) is 37.2. The van der Waals surface area contributed by atoms with Crippen molar-refractivity contribution in [2.45, 2.75) is 50.5 Å². The first-order valence-corrected chi connectivity index (χ1v) is 14.9. The van der Waals surface area contributed by atoms with Gasteiger partial charge in [0.1, 0.15) is 35.9 Å². The van der Waals surface area contributed by atoms with E-state index in [1.54, 1.807) is 6.07 Å². The van der Waals surface area contributed by atoms with E-state index in [0.717, 1.165) is 17.4 Å². The third-order valence-corrected chi connectivity index (χ3v) is 7.14. The van der Waals surface area contributed by atoms with Crippen LogP contribution < -0.4 is 26.0 Å². The second-order valence-corrected chi connectivity index (χ2v) is 11.3. The number of hydrogen-bond donors (Lipinski definition) is 4. The Balaban J connectivity index is 1.95. The summed E-state index contributed by atoms with van der Waals surface area (Å²) in [6.07, 6.45) is -4.00. The van der Waals surface area contributed by atoms with Crippen molar-refractivity contribution >= 4 is 29.4 Å². The van der Waals surface area contributed by atoms with Gasteiger partial charge in [0, 0.05) is 12.6 Å². The lowest BCUT2D eigenvalue weighted by Gasteiger charge is -2.28. The molecule has 3 atom stereocenters. The monoisotopic (exact) mass is 709 g/mol.